The summed E-state index contributed by atoms with van der Waals surface area (Å²) in [6.45, 7) is 5.05. The number of hydrogen-bond acceptors (Lipinski definition) is 5. The van der Waals surface area contributed by atoms with E-state index in [1.807, 2.05) is 17.8 Å². The van der Waals surface area contributed by atoms with E-state index in [9.17, 15) is 9.59 Å². The second kappa shape index (κ2) is 6.89. The van der Waals surface area contributed by atoms with E-state index in [0.29, 0.717) is 11.3 Å². The minimum Gasteiger partial charge on any atom is -0.497 e. The fourth-order valence-electron chi connectivity index (χ4n) is 4.57. The number of benzene rings is 1. The Morgan fingerprint density at radius 1 is 1.27 bits per heavy atom. The molecule has 2 atom stereocenters. The van der Waals surface area contributed by atoms with Crippen molar-refractivity contribution in [3.63, 3.8) is 0 Å². The molecule has 26 heavy (non-hydrogen) atoms. The molecule has 1 aliphatic carbocycles. The lowest BCUT2D eigenvalue weighted by Gasteiger charge is -2.50. The van der Waals surface area contributed by atoms with E-state index >= 15 is 0 Å². The molecule has 0 N–H and O–H groups in total. The minimum absolute atomic E-state index is 0.0651. The number of rotatable bonds is 3. The van der Waals surface area contributed by atoms with Crippen molar-refractivity contribution in [2.24, 2.45) is 0 Å². The Kier molecular flexibility index (Phi) is 4.73. The highest BCUT2D eigenvalue weighted by Crippen LogP contribution is 2.40. The SMILES string of the molecule is COc1ccc2c(c1)C(C(=O)N1CCSCC1(C)N1CCCC1)CC2=O. The molecular weight excluding hydrogens is 348 g/mol. The van der Waals surface area contributed by atoms with Gasteiger partial charge in [-0.05, 0) is 43.5 Å². The second-order valence-electron chi connectivity index (χ2n) is 7.59. The summed E-state index contributed by atoms with van der Waals surface area (Å²) < 4.78 is 5.32. The fourth-order valence-corrected chi connectivity index (χ4v) is 5.75. The topological polar surface area (TPSA) is 49.9 Å². The van der Waals surface area contributed by atoms with Crippen molar-refractivity contribution < 1.29 is 14.3 Å². The van der Waals surface area contributed by atoms with Gasteiger partial charge in [0.15, 0.2) is 5.78 Å². The first-order valence-corrected chi connectivity index (χ1v) is 10.6. The van der Waals surface area contributed by atoms with Crippen molar-refractivity contribution in [2.75, 3.05) is 38.2 Å². The van der Waals surface area contributed by atoms with Gasteiger partial charge in [-0.1, -0.05) is 0 Å². The molecule has 1 amide bonds. The Morgan fingerprint density at radius 2 is 2.04 bits per heavy atom. The zero-order valence-corrected chi connectivity index (χ0v) is 16.3. The number of likely N-dealkylation sites (tertiary alicyclic amines) is 1. The Balaban J connectivity index is 1.66. The largest absolute Gasteiger partial charge is 0.497 e. The third-order valence-corrected chi connectivity index (χ3v) is 7.31. The molecule has 0 bridgehead atoms. The minimum atomic E-state index is -0.377. The maximum Gasteiger partial charge on any atom is 0.232 e. The number of thioether (sulfide) groups is 1. The molecular formula is C20H26N2O3S. The summed E-state index contributed by atoms with van der Waals surface area (Å²) in [6.07, 6.45) is 2.68. The van der Waals surface area contributed by atoms with E-state index in [2.05, 4.69) is 16.7 Å². The van der Waals surface area contributed by atoms with Crippen LogP contribution in [-0.4, -0.2) is 65.4 Å². The first-order chi connectivity index (χ1) is 12.5. The third kappa shape index (κ3) is 2.83. The third-order valence-electron chi connectivity index (χ3n) is 6.09. The summed E-state index contributed by atoms with van der Waals surface area (Å²) in [5, 5.41) is 0. The van der Waals surface area contributed by atoms with Crippen molar-refractivity contribution in [3.8, 4) is 5.75 Å². The van der Waals surface area contributed by atoms with Crippen molar-refractivity contribution in [2.45, 2.75) is 37.8 Å². The number of carbonyl (C=O) groups excluding carboxylic acids is 2. The lowest BCUT2D eigenvalue weighted by Crippen LogP contribution is -2.64. The molecule has 0 radical (unpaired) electrons. The number of methoxy groups -OCH3 is 1. The molecule has 4 rings (SSSR count). The first kappa shape index (κ1) is 17.9. The van der Waals surface area contributed by atoms with E-state index in [1.54, 1.807) is 19.2 Å². The van der Waals surface area contributed by atoms with Crippen LogP contribution >= 0.6 is 11.8 Å². The van der Waals surface area contributed by atoms with Gasteiger partial charge in [-0.3, -0.25) is 14.5 Å². The monoisotopic (exact) mass is 374 g/mol. The van der Waals surface area contributed by atoms with Gasteiger partial charge in [0.25, 0.3) is 0 Å². The van der Waals surface area contributed by atoms with Crippen molar-refractivity contribution in [1.29, 1.82) is 0 Å². The highest BCUT2D eigenvalue weighted by Gasteiger charge is 2.47. The maximum absolute atomic E-state index is 13.6. The molecule has 3 aliphatic rings. The molecule has 2 aliphatic heterocycles. The van der Waals surface area contributed by atoms with Gasteiger partial charge in [0, 0.05) is 43.1 Å². The van der Waals surface area contributed by atoms with Crippen LogP contribution in [0.2, 0.25) is 0 Å². The normalized spacial score (nSPS) is 29.1. The zero-order chi connectivity index (χ0) is 18.3. The number of hydrogen-bond donors (Lipinski definition) is 0. The molecule has 1 aromatic carbocycles. The molecule has 2 heterocycles. The van der Waals surface area contributed by atoms with Gasteiger partial charge in [0.05, 0.1) is 13.0 Å². The average molecular weight is 375 g/mol. The Hall–Kier alpha value is -1.53. The summed E-state index contributed by atoms with van der Waals surface area (Å²) in [5.74, 6) is 2.38. The molecule has 140 valence electrons. The smallest absolute Gasteiger partial charge is 0.232 e. The van der Waals surface area contributed by atoms with Crippen LogP contribution in [0.5, 0.6) is 5.75 Å². The van der Waals surface area contributed by atoms with Crippen LogP contribution in [0.1, 0.15) is 48.0 Å². The predicted octanol–water partition coefficient (Wildman–Crippen LogP) is 2.75. The number of Topliss-reactive ketones (excluding diaryl/α,β-unsaturated/α-hetero) is 1. The van der Waals surface area contributed by atoms with Gasteiger partial charge in [-0.25, -0.2) is 0 Å². The van der Waals surface area contributed by atoms with E-state index in [-0.39, 0.29) is 29.7 Å². The standard InChI is InChI=1S/C20H26N2O3S/c1-20(21-7-3-4-8-21)13-26-10-9-22(20)19(24)17-12-18(23)15-6-5-14(25-2)11-16(15)17/h5-6,11,17H,3-4,7-10,12-13H2,1-2H3. The van der Waals surface area contributed by atoms with Crippen LogP contribution in [0.4, 0.5) is 0 Å². The number of carbonyl (C=O) groups is 2. The molecule has 6 heteroatoms. The van der Waals surface area contributed by atoms with Gasteiger partial charge >= 0.3 is 0 Å². The lowest BCUT2D eigenvalue weighted by molar-refractivity contribution is -0.145. The molecule has 2 saturated heterocycles. The Morgan fingerprint density at radius 3 is 2.77 bits per heavy atom. The van der Waals surface area contributed by atoms with Gasteiger partial charge in [-0.2, -0.15) is 11.8 Å². The van der Waals surface area contributed by atoms with Crippen molar-refractivity contribution in [1.82, 2.24) is 9.80 Å². The summed E-state index contributed by atoms with van der Waals surface area (Å²) >= 11 is 1.92. The summed E-state index contributed by atoms with van der Waals surface area (Å²) in [5.41, 5.74) is 1.26. The van der Waals surface area contributed by atoms with Crippen LogP contribution in [0, 0.1) is 0 Å². The average Bonchev–Trinajstić information content (AvgIpc) is 3.30. The van der Waals surface area contributed by atoms with E-state index in [4.69, 9.17) is 4.74 Å². The van der Waals surface area contributed by atoms with Crippen molar-refractivity contribution >= 4 is 23.5 Å². The number of ketones is 1. The van der Waals surface area contributed by atoms with Crippen LogP contribution in [0.3, 0.4) is 0 Å². The number of amides is 1. The Labute approximate surface area is 159 Å². The zero-order valence-electron chi connectivity index (χ0n) is 15.5. The van der Waals surface area contributed by atoms with Gasteiger partial charge in [0.1, 0.15) is 11.4 Å². The van der Waals surface area contributed by atoms with Crippen LogP contribution in [0.25, 0.3) is 0 Å². The van der Waals surface area contributed by atoms with Crippen LogP contribution in [-0.2, 0) is 4.79 Å². The van der Waals surface area contributed by atoms with Crippen LogP contribution < -0.4 is 4.74 Å². The Bertz CT molecular complexity index is 732. The fraction of sp³-hybridized carbons (Fsp3) is 0.600. The molecule has 5 nitrogen and oxygen atoms in total. The second-order valence-corrected chi connectivity index (χ2v) is 8.69. The molecule has 0 aromatic heterocycles. The lowest BCUT2D eigenvalue weighted by atomic mass is 9.97. The maximum atomic E-state index is 13.6. The summed E-state index contributed by atoms with van der Waals surface area (Å²) in [6, 6.07) is 5.47. The van der Waals surface area contributed by atoms with E-state index in [1.165, 1.54) is 12.8 Å². The highest BCUT2D eigenvalue weighted by molar-refractivity contribution is 7.99. The highest BCUT2D eigenvalue weighted by atomic mass is 32.2. The number of nitrogens with zero attached hydrogens (tertiary/aromatic N) is 2. The quantitative estimate of drug-likeness (QED) is 0.814. The first-order valence-electron chi connectivity index (χ1n) is 9.40. The molecule has 0 saturated carbocycles. The predicted molar refractivity (Wildman–Crippen MR) is 103 cm³/mol. The number of ether oxygens (including phenoxy) is 1. The molecule has 2 fully saturated rings. The van der Waals surface area contributed by atoms with Gasteiger partial charge < -0.3 is 9.64 Å². The van der Waals surface area contributed by atoms with E-state index < -0.39 is 0 Å². The molecule has 2 unspecified atom stereocenters. The van der Waals surface area contributed by atoms with Crippen LogP contribution in [0.15, 0.2) is 18.2 Å². The van der Waals surface area contributed by atoms with E-state index in [0.717, 1.165) is 36.7 Å². The molecule has 1 aromatic rings. The van der Waals surface area contributed by atoms with Gasteiger partial charge in [0.2, 0.25) is 5.91 Å². The molecule has 0 spiro atoms. The summed E-state index contributed by atoms with van der Waals surface area (Å²) in [4.78, 5) is 30.5. The van der Waals surface area contributed by atoms with Gasteiger partial charge in [-0.15, -0.1) is 0 Å². The summed E-state index contributed by atoms with van der Waals surface area (Å²) in [7, 11) is 1.61. The number of fused-ring (bicyclic) bond motifs is 1. The van der Waals surface area contributed by atoms with Crippen molar-refractivity contribution in [3.05, 3.63) is 29.3 Å².